The minimum Gasteiger partial charge on any atom is -0.485 e. The van der Waals surface area contributed by atoms with E-state index < -0.39 is 12.1 Å². The van der Waals surface area contributed by atoms with E-state index in [-0.39, 0.29) is 5.75 Å². The third kappa shape index (κ3) is 3.23. The summed E-state index contributed by atoms with van der Waals surface area (Å²) in [5.41, 5.74) is 0.836. The Morgan fingerprint density at radius 3 is 2.62 bits per heavy atom. The highest BCUT2D eigenvalue weighted by molar-refractivity contribution is 7.99. The smallest absolute Gasteiger partial charge is 0.313 e. The zero-order chi connectivity index (χ0) is 17.9. The van der Waals surface area contributed by atoms with Crippen molar-refractivity contribution >= 4 is 17.7 Å². The first-order chi connectivity index (χ1) is 12.7. The van der Waals surface area contributed by atoms with E-state index in [9.17, 15) is 4.79 Å². The molecule has 0 radical (unpaired) electrons. The number of aliphatic carboxylic acids is 1. The highest BCUT2D eigenvalue weighted by atomic mass is 32.2. The molecule has 0 bridgehead atoms. The van der Waals surface area contributed by atoms with Crippen molar-refractivity contribution in [1.29, 1.82) is 0 Å². The molecule has 8 heteroatoms. The van der Waals surface area contributed by atoms with E-state index in [4.69, 9.17) is 14.6 Å². The predicted octanol–water partition coefficient (Wildman–Crippen LogP) is 2.96. The number of para-hydroxylation sites is 3. The molecule has 2 aromatic carbocycles. The van der Waals surface area contributed by atoms with Gasteiger partial charge in [0, 0.05) is 5.69 Å². The van der Waals surface area contributed by atoms with Crippen LogP contribution >= 0.6 is 11.8 Å². The van der Waals surface area contributed by atoms with Gasteiger partial charge >= 0.3 is 5.97 Å². The van der Waals surface area contributed by atoms with Crippen LogP contribution in [0.1, 0.15) is 11.9 Å². The van der Waals surface area contributed by atoms with Gasteiger partial charge in [-0.15, -0.1) is 10.2 Å². The fraction of sp³-hybridized carbons (Fsp3) is 0.167. The average molecular weight is 369 g/mol. The van der Waals surface area contributed by atoms with E-state index in [2.05, 4.69) is 10.2 Å². The molecule has 0 saturated carbocycles. The number of rotatable bonds is 5. The largest absolute Gasteiger partial charge is 0.485 e. The second-order valence-corrected chi connectivity index (χ2v) is 6.50. The van der Waals surface area contributed by atoms with Gasteiger partial charge in [0.15, 0.2) is 28.6 Å². The summed E-state index contributed by atoms with van der Waals surface area (Å²) >= 11 is 1.11. The Balaban J connectivity index is 1.71. The lowest BCUT2D eigenvalue weighted by Crippen LogP contribution is -2.24. The summed E-state index contributed by atoms with van der Waals surface area (Å²) in [6.07, 6.45) is -0.447. The van der Waals surface area contributed by atoms with Crippen LogP contribution in [0.15, 0.2) is 59.8 Å². The molecule has 1 atom stereocenters. The molecule has 0 spiro atoms. The average Bonchev–Trinajstić information content (AvgIpc) is 3.10. The first kappa shape index (κ1) is 16.5. The van der Waals surface area contributed by atoms with Crippen LogP contribution in [0.4, 0.5) is 0 Å². The number of carboxylic acids is 1. The van der Waals surface area contributed by atoms with Crippen LogP contribution in [0.25, 0.3) is 5.69 Å². The maximum absolute atomic E-state index is 10.9. The number of benzene rings is 2. The molecule has 0 fully saturated rings. The molecule has 1 aliphatic heterocycles. The molecule has 7 nitrogen and oxygen atoms in total. The lowest BCUT2D eigenvalue weighted by Gasteiger charge is -2.26. The van der Waals surface area contributed by atoms with Gasteiger partial charge < -0.3 is 14.6 Å². The molecule has 4 rings (SSSR count). The summed E-state index contributed by atoms with van der Waals surface area (Å²) in [6.45, 7) is 0.297. The Morgan fingerprint density at radius 2 is 1.85 bits per heavy atom. The lowest BCUT2D eigenvalue weighted by atomic mass is 10.2. The van der Waals surface area contributed by atoms with Crippen LogP contribution in [0.5, 0.6) is 11.5 Å². The Bertz CT molecular complexity index is 929. The van der Waals surface area contributed by atoms with Crippen LogP contribution in [-0.4, -0.2) is 38.2 Å². The minimum atomic E-state index is -0.912. The Kier molecular flexibility index (Phi) is 4.49. The fourth-order valence-corrected chi connectivity index (χ4v) is 3.36. The van der Waals surface area contributed by atoms with E-state index in [1.165, 1.54) is 0 Å². The molecule has 1 aliphatic rings. The van der Waals surface area contributed by atoms with Gasteiger partial charge in [0.25, 0.3) is 0 Å². The number of nitrogens with zero attached hydrogens (tertiary/aromatic N) is 3. The van der Waals surface area contributed by atoms with Gasteiger partial charge in [-0.3, -0.25) is 9.36 Å². The maximum Gasteiger partial charge on any atom is 0.313 e. The summed E-state index contributed by atoms with van der Waals surface area (Å²) in [4.78, 5) is 10.9. The second-order valence-electron chi connectivity index (χ2n) is 5.56. The molecule has 1 N–H and O–H groups in total. The Hall–Kier alpha value is -3.00. The molecule has 1 aromatic heterocycles. The Labute approximate surface area is 153 Å². The molecule has 3 aromatic rings. The number of fused-ring (bicyclic) bond motifs is 1. The SMILES string of the molecule is O=C(O)CSc1nnc([C@@H]2COc3ccccc3O2)n1-c1ccccc1. The highest BCUT2D eigenvalue weighted by Crippen LogP contribution is 2.36. The molecule has 26 heavy (non-hydrogen) atoms. The normalized spacial score (nSPS) is 15.6. The molecule has 132 valence electrons. The topological polar surface area (TPSA) is 86.5 Å². The van der Waals surface area contributed by atoms with Crippen molar-refractivity contribution in [1.82, 2.24) is 14.8 Å². The number of thioether (sulfide) groups is 1. The molecular weight excluding hydrogens is 354 g/mol. The summed E-state index contributed by atoms with van der Waals surface area (Å²) in [6, 6.07) is 17.0. The van der Waals surface area contributed by atoms with Crippen LogP contribution in [0, 0.1) is 0 Å². The zero-order valence-corrected chi connectivity index (χ0v) is 14.4. The van der Waals surface area contributed by atoms with Gasteiger partial charge in [-0.25, -0.2) is 0 Å². The summed E-state index contributed by atoms with van der Waals surface area (Å²) in [5.74, 6) is 0.889. The van der Waals surface area contributed by atoms with Gasteiger partial charge in [-0.05, 0) is 24.3 Å². The van der Waals surface area contributed by atoms with E-state index in [1.54, 1.807) is 0 Å². The van der Waals surface area contributed by atoms with Gasteiger partial charge in [-0.2, -0.15) is 0 Å². The second kappa shape index (κ2) is 7.09. The van der Waals surface area contributed by atoms with Gasteiger partial charge in [0.05, 0.1) is 5.75 Å². The first-order valence-electron chi connectivity index (χ1n) is 7.96. The van der Waals surface area contributed by atoms with Crippen molar-refractivity contribution in [3.05, 3.63) is 60.4 Å². The molecule has 2 heterocycles. The monoisotopic (exact) mass is 369 g/mol. The van der Waals surface area contributed by atoms with Crippen molar-refractivity contribution in [2.45, 2.75) is 11.3 Å². The van der Waals surface area contributed by atoms with Crippen LogP contribution < -0.4 is 9.47 Å². The van der Waals surface area contributed by atoms with E-state index in [0.29, 0.717) is 29.1 Å². The van der Waals surface area contributed by atoms with Crippen molar-refractivity contribution in [2.75, 3.05) is 12.4 Å². The zero-order valence-electron chi connectivity index (χ0n) is 13.6. The number of hydrogen-bond donors (Lipinski definition) is 1. The molecule has 0 amide bonds. The molecule has 0 saturated heterocycles. The molecule has 0 unspecified atom stereocenters. The summed E-state index contributed by atoms with van der Waals surface area (Å²) in [7, 11) is 0. The number of carbonyl (C=O) groups is 1. The molecular formula is C18H15N3O4S. The first-order valence-corrected chi connectivity index (χ1v) is 8.95. The number of hydrogen-bond acceptors (Lipinski definition) is 6. The van der Waals surface area contributed by atoms with Gasteiger partial charge in [0.2, 0.25) is 0 Å². The van der Waals surface area contributed by atoms with Crippen molar-refractivity contribution in [3.8, 4) is 17.2 Å². The van der Waals surface area contributed by atoms with Crippen molar-refractivity contribution in [3.63, 3.8) is 0 Å². The van der Waals surface area contributed by atoms with E-state index in [0.717, 1.165) is 17.4 Å². The van der Waals surface area contributed by atoms with Crippen LogP contribution in [0.3, 0.4) is 0 Å². The quantitative estimate of drug-likeness (QED) is 0.692. The van der Waals surface area contributed by atoms with Gasteiger partial charge in [-0.1, -0.05) is 42.1 Å². The van der Waals surface area contributed by atoms with E-state index >= 15 is 0 Å². The van der Waals surface area contributed by atoms with Crippen molar-refractivity contribution in [2.24, 2.45) is 0 Å². The fourth-order valence-electron chi connectivity index (χ4n) is 2.68. The van der Waals surface area contributed by atoms with E-state index in [1.807, 2.05) is 59.2 Å². The highest BCUT2D eigenvalue weighted by Gasteiger charge is 2.29. The maximum atomic E-state index is 10.9. The lowest BCUT2D eigenvalue weighted by molar-refractivity contribution is -0.133. The number of aromatic nitrogens is 3. The number of carboxylic acid groups (broad SMARTS) is 1. The third-order valence-electron chi connectivity index (χ3n) is 3.79. The van der Waals surface area contributed by atoms with Gasteiger partial charge in [0.1, 0.15) is 6.61 Å². The summed E-state index contributed by atoms with van der Waals surface area (Å²) in [5, 5.41) is 17.9. The van der Waals surface area contributed by atoms with Crippen LogP contribution in [-0.2, 0) is 4.79 Å². The number of ether oxygens (including phenoxy) is 2. The standard InChI is InChI=1S/C18H15N3O4S/c22-16(23)11-26-18-20-19-17(21(18)12-6-2-1-3-7-12)15-10-24-13-8-4-5-9-14(13)25-15/h1-9,15H,10-11H2,(H,22,23)/t15-/m0/s1. The third-order valence-corrected chi connectivity index (χ3v) is 4.71. The Morgan fingerprint density at radius 1 is 1.12 bits per heavy atom. The predicted molar refractivity (Wildman–Crippen MR) is 95.0 cm³/mol. The minimum absolute atomic E-state index is 0.101. The van der Waals surface area contributed by atoms with Crippen molar-refractivity contribution < 1.29 is 19.4 Å². The van der Waals surface area contributed by atoms with Crippen LogP contribution in [0.2, 0.25) is 0 Å². The summed E-state index contributed by atoms with van der Waals surface area (Å²) < 4.78 is 13.6. The molecule has 0 aliphatic carbocycles.